The molecule has 2 atom stereocenters. The van der Waals surface area contributed by atoms with Gasteiger partial charge in [0.1, 0.15) is 0 Å². The fourth-order valence-electron chi connectivity index (χ4n) is 0.974. The summed E-state index contributed by atoms with van der Waals surface area (Å²) in [5.41, 5.74) is 5.37. The van der Waals surface area contributed by atoms with Gasteiger partial charge in [-0.1, -0.05) is 6.58 Å². The molecule has 0 saturated heterocycles. The molecule has 0 aromatic carbocycles. The van der Waals surface area contributed by atoms with Gasteiger partial charge in [-0.2, -0.15) is 0 Å². The van der Waals surface area contributed by atoms with E-state index < -0.39 is 0 Å². The molecule has 56 valence electrons. The summed E-state index contributed by atoms with van der Waals surface area (Å²) >= 11 is 0. The molecule has 0 radical (unpaired) electrons. The van der Waals surface area contributed by atoms with E-state index in [9.17, 15) is 4.79 Å². The number of nitrogens with two attached hydrogens (primary N) is 1. The van der Waals surface area contributed by atoms with Crippen molar-refractivity contribution in [2.45, 2.75) is 18.9 Å². The van der Waals surface area contributed by atoms with Crippen LogP contribution in [0.25, 0.3) is 0 Å². The summed E-state index contributed by atoms with van der Waals surface area (Å²) < 4.78 is 0. The summed E-state index contributed by atoms with van der Waals surface area (Å²) in [4.78, 5) is 11.0. The van der Waals surface area contributed by atoms with Crippen LogP contribution in [0.3, 0.4) is 0 Å². The molecule has 1 aliphatic rings. The third-order valence-electron chi connectivity index (χ3n) is 1.84. The zero-order valence-electron chi connectivity index (χ0n) is 6.05. The minimum absolute atomic E-state index is 0.00880. The van der Waals surface area contributed by atoms with Gasteiger partial charge in [0.05, 0.1) is 5.92 Å². The van der Waals surface area contributed by atoms with E-state index >= 15 is 0 Å². The quantitative estimate of drug-likeness (QED) is 0.566. The highest BCUT2D eigenvalue weighted by atomic mass is 16.2. The van der Waals surface area contributed by atoms with Crippen LogP contribution >= 0.6 is 0 Å². The van der Waals surface area contributed by atoms with Gasteiger partial charge in [0.25, 0.3) is 0 Å². The number of rotatable bonds is 2. The highest BCUT2D eigenvalue weighted by Crippen LogP contribution is 2.40. The maximum absolute atomic E-state index is 11.0. The van der Waals surface area contributed by atoms with Crippen LogP contribution in [-0.2, 0) is 4.79 Å². The van der Waals surface area contributed by atoms with E-state index in [0.29, 0.717) is 0 Å². The van der Waals surface area contributed by atoms with Crippen LogP contribution in [0.5, 0.6) is 0 Å². The average Bonchev–Trinajstić information content (AvgIpc) is 2.41. The molecule has 3 N–H and O–H groups in total. The number of nitrogens with one attached hydrogen (secondary N) is 1. The molecule has 0 aromatic rings. The fourth-order valence-corrected chi connectivity index (χ4v) is 0.974. The maximum Gasteiger partial charge on any atom is 0.228 e. The van der Waals surface area contributed by atoms with Gasteiger partial charge in [-0.05, 0) is 19.5 Å². The lowest BCUT2D eigenvalue weighted by Gasteiger charge is -2.00. The Morgan fingerprint density at radius 2 is 2.50 bits per heavy atom. The van der Waals surface area contributed by atoms with Crippen molar-refractivity contribution in [2.24, 2.45) is 11.7 Å². The van der Waals surface area contributed by atoms with Crippen LogP contribution in [0.15, 0.2) is 12.8 Å². The van der Waals surface area contributed by atoms with E-state index in [-0.39, 0.29) is 17.4 Å². The Kier molecular flexibility index (Phi) is 1.52. The van der Waals surface area contributed by atoms with Gasteiger partial charge in [-0.25, -0.2) is 0 Å². The molecule has 1 saturated carbocycles. The second-order valence-electron chi connectivity index (χ2n) is 2.98. The Labute approximate surface area is 60.3 Å². The molecule has 3 heteroatoms. The molecule has 0 aliphatic heterocycles. The van der Waals surface area contributed by atoms with Crippen LogP contribution in [0.4, 0.5) is 0 Å². The Morgan fingerprint density at radius 3 is 2.80 bits per heavy atom. The van der Waals surface area contributed by atoms with Crippen LogP contribution in [0.2, 0.25) is 0 Å². The van der Waals surface area contributed by atoms with Gasteiger partial charge >= 0.3 is 0 Å². The first kappa shape index (κ1) is 7.28. The van der Waals surface area contributed by atoms with Crippen molar-refractivity contribution >= 4 is 5.91 Å². The highest BCUT2D eigenvalue weighted by molar-refractivity contribution is 5.84. The lowest BCUT2D eigenvalue weighted by atomic mass is 10.2. The van der Waals surface area contributed by atoms with E-state index in [2.05, 4.69) is 11.9 Å². The van der Waals surface area contributed by atoms with Crippen molar-refractivity contribution in [1.82, 2.24) is 5.32 Å². The van der Waals surface area contributed by atoms with Gasteiger partial charge in [0.15, 0.2) is 0 Å². The minimum Gasteiger partial charge on any atom is -0.333 e. The number of hydrogen-bond acceptors (Lipinski definition) is 2. The average molecular weight is 140 g/mol. The normalized spacial score (nSPS) is 36.8. The minimum atomic E-state index is -0.271. The maximum atomic E-state index is 11.0. The summed E-state index contributed by atoms with van der Waals surface area (Å²) in [6.07, 6.45) is 2.17. The Bertz CT molecular complexity index is 174. The Hall–Kier alpha value is -0.830. The van der Waals surface area contributed by atoms with Crippen molar-refractivity contribution in [3.05, 3.63) is 12.8 Å². The third-order valence-corrected chi connectivity index (χ3v) is 1.84. The molecular weight excluding hydrogens is 128 g/mol. The molecule has 0 heterocycles. The van der Waals surface area contributed by atoms with Crippen molar-refractivity contribution in [3.63, 3.8) is 0 Å². The molecule has 0 aromatic heterocycles. The number of hydrogen-bond donors (Lipinski definition) is 2. The molecule has 1 aliphatic carbocycles. The highest BCUT2D eigenvalue weighted by Gasteiger charge is 2.51. The number of carbonyl (C=O) groups excluding carboxylic acids is 1. The van der Waals surface area contributed by atoms with E-state index in [1.807, 2.05) is 6.92 Å². The second kappa shape index (κ2) is 2.09. The van der Waals surface area contributed by atoms with Crippen molar-refractivity contribution in [1.29, 1.82) is 0 Å². The summed E-state index contributed by atoms with van der Waals surface area (Å²) in [6, 6.07) is 0. The van der Waals surface area contributed by atoms with Crippen LogP contribution in [-0.4, -0.2) is 11.4 Å². The first-order chi connectivity index (χ1) is 4.58. The van der Waals surface area contributed by atoms with Crippen LogP contribution in [0, 0.1) is 5.92 Å². The van der Waals surface area contributed by atoms with Gasteiger partial charge in [0.2, 0.25) is 5.91 Å². The lowest BCUT2D eigenvalue weighted by Crippen LogP contribution is -2.28. The number of carbonyl (C=O) groups is 1. The lowest BCUT2D eigenvalue weighted by molar-refractivity contribution is -0.121. The standard InChI is InChI=1S/C7H12N2O/c1-3-9-6(10)5-4-7(5,2)8/h3,5H,1,4,8H2,2H3,(H,9,10). The van der Waals surface area contributed by atoms with E-state index in [1.165, 1.54) is 6.20 Å². The Balaban J connectivity index is 2.40. The monoisotopic (exact) mass is 140 g/mol. The molecule has 3 nitrogen and oxygen atoms in total. The molecule has 10 heavy (non-hydrogen) atoms. The molecule has 0 bridgehead atoms. The molecule has 1 fully saturated rings. The summed E-state index contributed by atoms with van der Waals surface area (Å²) in [5.74, 6) is -0.0227. The molecule has 1 rings (SSSR count). The first-order valence-corrected chi connectivity index (χ1v) is 3.28. The fraction of sp³-hybridized carbons (Fsp3) is 0.571. The summed E-state index contributed by atoms with van der Waals surface area (Å²) in [5, 5.41) is 2.51. The van der Waals surface area contributed by atoms with Gasteiger partial charge < -0.3 is 11.1 Å². The van der Waals surface area contributed by atoms with Crippen molar-refractivity contribution in [2.75, 3.05) is 0 Å². The van der Waals surface area contributed by atoms with Gasteiger partial charge in [0, 0.05) is 5.54 Å². The van der Waals surface area contributed by atoms with E-state index in [1.54, 1.807) is 0 Å². The van der Waals surface area contributed by atoms with Gasteiger partial charge in [-0.3, -0.25) is 4.79 Å². The largest absolute Gasteiger partial charge is 0.333 e. The Morgan fingerprint density at radius 1 is 2.00 bits per heavy atom. The second-order valence-corrected chi connectivity index (χ2v) is 2.98. The molecule has 1 amide bonds. The zero-order chi connectivity index (χ0) is 7.78. The molecule has 2 unspecified atom stereocenters. The SMILES string of the molecule is C=CNC(=O)C1CC1(C)N. The zero-order valence-corrected chi connectivity index (χ0v) is 6.05. The smallest absolute Gasteiger partial charge is 0.228 e. The van der Waals surface area contributed by atoms with Crippen molar-refractivity contribution in [3.8, 4) is 0 Å². The third kappa shape index (κ3) is 1.19. The predicted molar refractivity (Wildman–Crippen MR) is 39.0 cm³/mol. The van der Waals surface area contributed by atoms with Crippen molar-refractivity contribution < 1.29 is 4.79 Å². The molecular formula is C7H12N2O. The van der Waals surface area contributed by atoms with E-state index in [4.69, 9.17) is 5.73 Å². The number of amides is 1. The van der Waals surface area contributed by atoms with E-state index in [0.717, 1.165) is 6.42 Å². The molecule has 0 spiro atoms. The van der Waals surface area contributed by atoms with Crippen LogP contribution in [0.1, 0.15) is 13.3 Å². The summed E-state index contributed by atoms with van der Waals surface area (Å²) in [6.45, 7) is 5.26. The summed E-state index contributed by atoms with van der Waals surface area (Å²) in [7, 11) is 0. The van der Waals surface area contributed by atoms with Gasteiger partial charge in [-0.15, -0.1) is 0 Å². The first-order valence-electron chi connectivity index (χ1n) is 3.28. The topological polar surface area (TPSA) is 55.1 Å². The predicted octanol–water partition coefficient (Wildman–Crippen LogP) is -0.0166. The van der Waals surface area contributed by atoms with Crippen LogP contribution < -0.4 is 11.1 Å².